The summed E-state index contributed by atoms with van der Waals surface area (Å²) in [6, 6.07) is 0. The average Bonchev–Trinajstić information content (AvgIpc) is 2.48. The Morgan fingerprint density at radius 3 is 2.69 bits per heavy atom. The minimum atomic E-state index is -0.488. The normalized spacial score (nSPS) is 10.3. The maximum absolute atomic E-state index is 10.5. The molecule has 0 fully saturated rings. The summed E-state index contributed by atoms with van der Waals surface area (Å²) >= 11 is 0. The summed E-state index contributed by atoms with van der Waals surface area (Å²) in [7, 11) is 0. The Kier molecular flexibility index (Phi) is 2.94. The smallest absolute Gasteiger partial charge is 0.358 e. The number of hydrogen-bond acceptors (Lipinski definition) is 4. The van der Waals surface area contributed by atoms with Crippen molar-refractivity contribution >= 4 is 5.82 Å². The van der Waals surface area contributed by atoms with E-state index in [0.29, 0.717) is 18.7 Å². The Hall–Kier alpha value is -1.46. The van der Waals surface area contributed by atoms with Crippen LogP contribution in [0.5, 0.6) is 0 Å². The second kappa shape index (κ2) is 3.97. The van der Waals surface area contributed by atoms with Gasteiger partial charge in [0.2, 0.25) is 0 Å². The zero-order chi connectivity index (χ0) is 9.84. The number of nitro groups is 1. The van der Waals surface area contributed by atoms with Crippen molar-refractivity contribution in [3.8, 4) is 0 Å². The zero-order valence-electron chi connectivity index (χ0n) is 7.73. The molecular formula is C7H12N4O2. The molecule has 0 N–H and O–H groups in total. The number of hydrogen-bond donors (Lipinski definition) is 0. The lowest BCUT2D eigenvalue weighted by molar-refractivity contribution is -0.390. The quantitative estimate of drug-likeness (QED) is 0.519. The van der Waals surface area contributed by atoms with E-state index in [9.17, 15) is 10.1 Å². The van der Waals surface area contributed by atoms with Crippen LogP contribution in [0, 0.1) is 10.1 Å². The molecule has 0 unspecified atom stereocenters. The third-order valence-electron chi connectivity index (χ3n) is 1.76. The molecule has 72 valence electrons. The van der Waals surface area contributed by atoms with Crippen LogP contribution in [0.2, 0.25) is 0 Å². The summed E-state index contributed by atoms with van der Waals surface area (Å²) in [4.78, 5) is 10.00. The molecule has 1 heterocycles. The van der Waals surface area contributed by atoms with Crippen LogP contribution in [0.3, 0.4) is 0 Å². The molecule has 6 heteroatoms. The van der Waals surface area contributed by atoms with Crippen LogP contribution >= 0.6 is 0 Å². The fourth-order valence-electron chi connectivity index (χ4n) is 1.20. The lowest BCUT2D eigenvalue weighted by Gasteiger charge is -1.98. The van der Waals surface area contributed by atoms with Gasteiger partial charge in [-0.15, -0.1) is 0 Å². The van der Waals surface area contributed by atoms with Gasteiger partial charge in [0.1, 0.15) is 10.8 Å². The van der Waals surface area contributed by atoms with Crippen LogP contribution in [0.1, 0.15) is 26.0 Å². The van der Waals surface area contributed by atoms with Crippen LogP contribution in [0.15, 0.2) is 0 Å². The lowest BCUT2D eigenvalue weighted by atomic mass is 10.3. The number of aryl methyl sites for hydroxylation is 1. The van der Waals surface area contributed by atoms with Gasteiger partial charge in [-0.05, 0) is 17.8 Å². The fraction of sp³-hybridized carbons (Fsp3) is 0.714. The maximum atomic E-state index is 10.5. The van der Waals surface area contributed by atoms with Gasteiger partial charge >= 0.3 is 5.82 Å². The standard InChI is InChI=1S/C7H12N4O2/c1-3-5-10-6(4-2)7(8-9-10)11(12)13/h3-5H2,1-2H3. The summed E-state index contributed by atoms with van der Waals surface area (Å²) in [6.45, 7) is 4.54. The second-order valence-corrected chi connectivity index (χ2v) is 2.69. The zero-order valence-corrected chi connectivity index (χ0v) is 7.73. The predicted molar refractivity (Wildman–Crippen MR) is 46.3 cm³/mol. The van der Waals surface area contributed by atoms with Crippen molar-refractivity contribution in [1.82, 2.24) is 15.0 Å². The molecule has 0 spiro atoms. The molecule has 1 aromatic rings. The molecule has 0 aliphatic heterocycles. The summed E-state index contributed by atoms with van der Waals surface area (Å²) in [5.41, 5.74) is 0.604. The summed E-state index contributed by atoms with van der Waals surface area (Å²) in [5.74, 6) is -0.115. The van der Waals surface area contributed by atoms with E-state index in [4.69, 9.17) is 0 Å². The van der Waals surface area contributed by atoms with Gasteiger partial charge in [0.25, 0.3) is 0 Å². The van der Waals surface area contributed by atoms with Gasteiger partial charge in [-0.25, -0.2) is 4.68 Å². The first-order valence-corrected chi connectivity index (χ1v) is 4.27. The summed E-state index contributed by atoms with van der Waals surface area (Å²) < 4.78 is 1.60. The topological polar surface area (TPSA) is 73.8 Å². The molecule has 6 nitrogen and oxygen atoms in total. The first-order chi connectivity index (χ1) is 6.20. The summed E-state index contributed by atoms with van der Waals surface area (Å²) in [5, 5.41) is 17.7. The Bertz CT molecular complexity index is 307. The van der Waals surface area contributed by atoms with Crippen LogP contribution in [0.4, 0.5) is 5.82 Å². The van der Waals surface area contributed by atoms with E-state index < -0.39 is 4.92 Å². The minimum absolute atomic E-state index is 0.115. The van der Waals surface area contributed by atoms with Crippen LogP contribution in [-0.4, -0.2) is 19.9 Å². The molecule has 13 heavy (non-hydrogen) atoms. The number of nitrogens with zero attached hydrogens (tertiary/aromatic N) is 4. The molecule has 0 amide bonds. The Morgan fingerprint density at radius 2 is 2.23 bits per heavy atom. The van der Waals surface area contributed by atoms with Gasteiger partial charge in [0, 0.05) is 6.54 Å². The van der Waals surface area contributed by atoms with Gasteiger partial charge < -0.3 is 10.1 Å². The fourth-order valence-corrected chi connectivity index (χ4v) is 1.20. The average molecular weight is 184 g/mol. The molecule has 0 atom stereocenters. The maximum Gasteiger partial charge on any atom is 0.413 e. The van der Waals surface area contributed by atoms with Gasteiger partial charge in [-0.3, -0.25) is 0 Å². The highest BCUT2D eigenvalue weighted by Gasteiger charge is 2.21. The number of rotatable bonds is 4. The monoisotopic (exact) mass is 184 g/mol. The predicted octanol–water partition coefficient (Wildman–Crippen LogP) is 1.16. The van der Waals surface area contributed by atoms with Crippen LogP contribution in [0.25, 0.3) is 0 Å². The number of aromatic nitrogens is 3. The van der Waals surface area contributed by atoms with Crippen molar-refractivity contribution in [2.75, 3.05) is 0 Å². The van der Waals surface area contributed by atoms with Gasteiger partial charge in [0.05, 0.1) is 5.21 Å². The second-order valence-electron chi connectivity index (χ2n) is 2.69. The third kappa shape index (κ3) is 1.82. The molecule has 1 rings (SSSR count). The van der Waals surface area contributed by atoms with E-state index in [1.54, 1.807) is 4.68 Å². The molecule has 0 radical (unpaired) electrons. The van der Waals surface area contributed by atoms with E-state index >= 15 is 0 Å². The molecular weight excluding hydrogens is 172 g/mol. The van der Waals surface area contributed by atoms with Gasteiger partial charge in [-0.2, -0.15) is 0 Å². The van der Waals surface area contributed by atoms with Gasteiger partial charge in [-0.1, -0.05) is 13.8 Å². The molecule has 0 aromatic carbocycles. The highest BCUT2D eigenvalue weighted by molar-refractivity contribution is 5.24. The van der Waals surface area contributed by atoms with Crippen LogP contribution < -0.4 is 0 Å². The Balaban J connectivity index is 3.03. The van der Waals surface area contributed by atoms with Crippen molar-refractivity contribution in [3.05, 3.63) is 15.8 Å². The van der Waals surface area contributed by atoms with Crippen molar-refractivity contribution in [2.45, 2.75) is 33.2 Å². The highest BCUT2D eigenvalue weighted by Crippen LogP contribution is 2.14. The molecule has 0 saturated heterocycles. The van der Waals surface area contributed by atoms with Crippen molar-refractivity contribution in [3.63, 3.8) is 0 Å². The Labute approximate surface area is 75.7 Å². The molecule has 1 aromatic heterocycles. The molecule has 0 aliphatic carbocycles. The lowest BCUT2D eigenvalue weighted by Crippen LogP contribution is -2.04. The van der Waals surface area contributed by atoms with E-state index in [0.717, 1.165) is 6.42 Å². The SMILES string of the molecule is CCCn1nnc([N+](=O)[O-])c1CC. The summed E-state index contributed by atoms with van der Waals surface area (Å²) in [6.07, 6.45) is 1.48. The van der Waals surface area contributed by atoms with Crippen molar-refractivity contribution < 1.29 is 4.92 Å². The molecule has 0 aliphatic rings. The van der Waals surface area contributed by atoms with E-state index in [1.807, 2.05) is 13.8 Å². The van der Waals surface area contributed by atoms with E-state index in [-0.39, 0.29) is 5.82 Å². The Morgan fingerprint density at radius 1 is 1.54 bits per heavy atom. The first-order valence-electron chi connectivity index (χ1n) is 4.27. The molecule has 0 saturated carbocycles. The molecule has 0 bridgehead atoms. The van der Waals surface area contributed by atoms with Gasteiger partial charge in [0.15, 0.2) is 0 Å². The highest BCUT2D eigenvalue weighted by atomic mass is 16.6. The first kappa shape index (κ1) is 9.63. The van der Waals surface area contributed by atoms with Crippen molar-refractivity contribution in [2.24, 2.45) is 0 Å². The van der Waals surface area contributed by atoms with Crippen LogP contribution in [-0.2, 0) is 13.0 Å². The minimum Gasteiger partial charge on any atom is -0.358 e. The third-order valence-corrected chi connectivity index (χ3v) is 1.76. The van der Waals surface area contributed by atoms with Crippen molar-refractivity contribution in [1.29, 1.82) is 0 Å². The van der Waals surface area contributed by atoms with E-state index in [2.05, 4.69) is 10.3 Å². The largest absolute Gasteiger partial charge is 0.413 e. The van der Waals surface area contributed by atoms with E-state index in [1.165, 1.54) is 0 Å².